The van der Waals surface area contributed by atoms with E-state index in [1.54, 1.807) is 12.4 Å². The monoisotopic (exact) mass is 472 g/mol. The molecule has 7 heteroatoms. The molecule has 0 radical (unpaired) electrons. The van der Waals surface area contributed by atoms with Gasteiger partial charge in [-0.3, -0.25) is 14.8 Å². The van der Waals surface area contributed by atoms with Crippen molar-refractivity contribution < 1.29 is 14.3 Å². The van der Waals surface area contributed by atoms with Gasteiger partial charge in [-0.1, -0.05) is 6.92 Å². The van der Waals surface area contributed by atoms with E-state index in [9.17, 15) is 4.79 Å². The van der Waals surface area contributed by atoms with Crippen molar-refractivity contribution in [3.63, 3.8) is 0 Å². The van der Waals surface area contributed by atoms with Crippen LogP contribution in [0.15, 0.2) is 55.1 Å². The highest BCUT2D eigenvalue weighted by molar-refractivity contribution is 5.84. The maximum Gasteiger partial charge on any atom is 0.305 e. The summed E-state index contributed by atoms with van der Waals surface area (Å²) < 4.78 is 13.3. The summed E-state index contributed by atoms with van der Waals surface area (Å²) in [6, 6.07) is 10.3. The van der Waals surface area contributed by atoms with E-state index in [-0.39, 0.29) is 5.97 Å². The summed E-state index contributed by atoms with van der Waals surface area (Å²) in [5, 5.41) is 5.02. The van der Waals surface area contributed by atoms with E-state index in [1.165, 1.54) is 0 Å². The van der Waals surface area contributed by atoms with Crippen LogP contribution in [0.1, 0.15) is 54.8 Å². The van der Waals surface area contributed by atoms with E-state index >= 15 is 0 Å². The first-order valence-electron chi connectivity index (χ1n) is 12.2. The second-order valence-electron chi connectivity index (χ2n) is 8.53. The molecule has 0 aliphatic rings. The van der Waals surface area contributed by atoms with E-state index in [1.807, 2.05) is 42.9 Å². The molecule has 0 atom stereocenters. The van der Waals surface area contributed by atoms with Crippen LogP contribution in [0.4, 0.5) is 0 Å². The van der Waals surface area contributed by atoms with Gasteiger partial charge in [0.25, 0.3) is 0 Å². The molecule has 35 heavy (non-hydrogen) atoms. The Kier molecular flexibility index (Phi) is 8.21. The van der Waals surface area contributed by atoms with Gasteiger partial charge in [-0.2, -0.15) is 5.10 Å². The molecule has 4 aromatic rings. The number of nitrogens with zero attached hydrogens (tertiary/aromatic N) is 4. The van der Waals surface area contributed by atoms with E-state index in [0.717, 1.165) is 51.1 Å². The molecule has 0 saturated carbocycles. The van der Waals surface area contributed by atoms with Gasteiger partial charge in [0.1, 0.15) is 0 Å². The van der Waals surface area contributed by atoms with Crippen molar-refractivity contribution in [3.8, 4) is 11.1 Å². The third-order valence-corrected chi connectivity index (χ3v) is 5.96. The SMILES string of the molecule is CCOC(=O)CCCc1c(COCc2ccncc2)nn2c(CC)ccc2c1-c1cncc(C)c1. The van der Waals surface area contributed by atoms with Crippen LogP contribution >= 0.6 is 0 Å². The first-order valence-corrected chi connectivity index (χ1v) is 12.2. The summed E-state index contributed by atoms with van der Waals surface area (Å²) in [6.45, 7) is 7.23. The van der Waals surface area contributed by atoms with Gasteiger partial charge < -0.3 is 9.47 Å². The molecule has 182 valence electrons. The zero-order valence-electron chi connectivity index (χ0n) is 20.7. The summed E-state index contributed by atoms with van der Waals surface area (Å²) in [6.07, 6.45) is 9.87. The lowest BCUT2D eigenvalue weighted by Crippen LogP contribution is -2.11. The standard InChI is InChI=1S/C28H32N4O3/c1-4-23-9-10-26-28(22-15-20(3)16-30-17-22)24(7-6-8-27(33)35-5-2)25(31-32(23)26)19-34-18-21-11-13-29-14-12-21/h9-17H,4-8,18-19H2,1-3H3. The molecule has 0 fully saturated rings. The Morgan fingerprint density at radius 2 is 1.86 bits per heavy atom. The third-order valence-electron chi connectivity index (χ3n) is 5.96. The number of aryl methyl sites for hydroxylation is 2. The fraction of sp³-hybridized carbons (Fsp3) is 0.357. The molecule has 0 aliphatic heterocycles. The number of hydrogen-bond donors (Lipinski definition) is 0. The van der Waals surface area contributed by atoms with Crippen LogP contribution in [0.5, 0.6) is 0 Å². The van der Waals surface area contributed by atoms with E-state index in [2.05, 4.69) is 35.1 Å². The normalized spacial score (nSPS) is 11.2. The van der Waals surface area contributed by atoms with Gasteiger partial charge in [-0.05, 0) is 80.1 Å². The number of carbonyl (C=O) groups excluding carboxylic acids is 1. The minimum Gasteiger partial charge on any atom is -0.466 e. The van der Waals surface area contributed by atoms with Gasteiger partial charge in [0.15, 0.2) is 0 Å². The van der Waals surface area contributed by atoms with Crippen LogP contribution in [0, 0.1) is 6.92 Å². The fourth-order valence-corrected chi connectivity index (χ4v) is 4.31. The zero-order chi connectivity index (χ0) is 24.6. The lowest BCUT2D eigenvalue weighted by atomic mass is 9.95. The molecular weight excluding hydrogens is 440 g/mol. The summed E-state index contributed by atoms with van der Waals surface area (Å²) in [4.78, 5) is 20.5. The Balaban J connectivity index is 1.75. The number of rotatable bonds is 11. The van der Waals surface area contributed by atoms with Gasteiger partial charge in [0.2, 0.25) is 0 Å². The van der Waals surface area contributed by atoms with Crippen molar-refractivity contribution in [2.24, 2.45) is 0 Å². The predicted octanol–water partition coefficient (Wildman–Crippen LogP) is 5.26. The molecule has 0 unspecified atom stereocenters. The van der Waals surface area contributed by atoms with Crippen LogP contribution in [0.2, 0.25) is 0 Å². The third kappa shape index (κ3) is 5.92. The Morgan fingerprint density at radius 1 is 1.03 bits per heavy atom. The Hall–Kier alpha value is -3.58. The Labute approximate surface area is 206 Å². The van der Waals surface area contributed by atoms with Crippen molar-refractivity contribution in [1.29, 1.82) is 0 Å². The Morgan fingerprint density at radius 3 is 2.60 bits per heavy atom. The number of aromatic nitrogens is 4. The molecule has 0 amide bonds. The van der Waals surface area contributed by atoms with Crippen molar-refractivity contribution >= 4 is 11.5 Å². The maximum absolute atomic E-state index is 12.0. The van der Waals surface area contributed by atoms with Gasteiger partial charge >= 0.3 is 5.97 Å². The van der Waals surface area contributed by atoms with Gasteiger partial charge in [-0.25, -0.2) is 4.52 Å². The summed E-state index contributed by atoms with van der Waals surface area (Å²) in [5.74, 6) is -0.174. The molecular formula is C28H32N4O3. The van der Waals surface area contributed by atoms with Gasteiger partial charge in [0, 0.05) is 48.0 Å². The number of hydrogen-bond acceptors (Lipinski definition) is 6. The van der Waals surface area contributed by atoms with Crippen LogP contribution in [0.25, 0.3) is 16.6 Å². The quantitative estimate of drug-likeness (QED) is 0.277. The average molecular weight is 473 g/mol. The van der Waals surface area contributed by atoms with E-state index in [4.69, 9.17) is 14.6 Å². The number of fused-ring (bicyclic) bond motifs is 1. The van der Waals surface area contributed by atoms with Crippen LogP contribution in [-0.4, -0.2) is 32.2 Å². The molecule has 0 aromatic carbocycles. The molecule has 0 N–H and O–H groups in total. The summed E-state index contributed by atoms with van der Waals surface area (Å²) >= 11 is 0. The average Bonchev–Trinajstić information content (AvgIpc) is 3.27. The first-order chi connectivity index (χ1) is 17.1. The molecule has 4 rings (SSSR count). The highest BCUT2D eigenvalue weighted by Gasteiger charge is 2.19. The molecule has 0 aliphatic carbocycles. The second kappa shape index (κ2) is 11.7. The largest absolute Gasteiger partial charge is 0.466 e. The van der Waals surface area contributed by atoms with Crippen LogP contribution < -0.4 is 0 Å². The van der Waals surface area contributed by atoms with Crippen molar-refractivity contribution in [2.45, 2.75) is 59.7 Å². The fourth-order valence-electron chi connectivity index (χ4n) is 4.31. The van der Waals surface area contributed by atoms with Crippen molar-refractivity contribution in [2.75, 3.05) is 6.61 Å². The van der Waals surface area contributed by atoms with Crippen molar-refractivity contribution in [1.82, 2.24) is 19.6 Å². The van der Waals surface area contributed by atoms with Gasteiger partial charge in [0.05, 0.1) is 31.0 Å². The van der Waals surface area contributed by atoms with E-state index in [0.29, 0.717) is 39.1 Å². The zero-order valence-corrected chi connectivity index (χ0v) is 20.7. The maximum atomic E-state index is 12.0. The molecule has 0 saturated heterocycles. The van der Waals surface area contributed by atoms with E-state index < -0.39 is 0 Å². The predicted molar refractivity (Wildman–Crippen MR) is 135 cm³/mol. The second-order valence-corrected chi connectivity index (χ2v) is 8.53. The molecule has 4 aromatic heterocycles. The molecule has 0 bridgehead atoms. The Bertz CT molecular complexity index is 1280. The van der Waals surface area contributed by atoms with Crippen molar-refractivity contribution in [3.05, 3.63) is 83.2 Å². The molecule has 0 spiro atoms. The first kappa shape index (κ1) is 24.5. The smallest absolute Gasteiger partial charge is 0.305 e. The highest BCUT2D eigenvalue weighted by atomic mass is 16.5. The summed E-state index contributed by atoms with van der Waals surface area (Å²) in [5.41, 5.74) is 8.42. The van der Waals surface area contributed by atoms with Gasteiger partial charge in [-0.15, -0.1) is 0 Å². The summed E-state index contributed by atoms with van der Waals surface area (Å²) in [7, 11) is 0. The minimum atomic E-state index is -0.174. The van der Waals surface area contributed by atoms with Crippen LogP contribution in [-0.2, 0) is 40.3 Å². The number of carbonyl (C=O) groups is 1. The number of ether oxygens (including phenoxy) is 2. The lowest BCUT2D eigenvalue weighted by Gasteiger charge is -2.18. The minimum absolute atomic E-state index is 0.174. The number of esters is 1. The van der Waals surface area contributed by atoms with Crippen LogP contribution in [0.3, 0.4) is 0 Å². The number of pyridine rings is 2. The topological polar surface area (TPSA) is 78.6 Å². The molecule has 4 heterocycles. The molecule has 7 nitrogen and oxygen atoms in total. The lowest BCUT2D eigenvalue weighted by molar-refractivity contribution is -0.143. The highest BCUT2D eigenvalue weighted by Crippen LogP contribution is 2.33.